The van der Waals surface area contributed by atoms with Crippen LogP contribution in [-0.4, -0.2) is 57.7 Å². The van der Waals surface area contributed by atoms with E-state index in [-0.39, 0.29) is 60.4 Å². The van der Waals surface area contributed by atoms with Crippen LogP contribution in [0.25, 0.3) is 0 Å². The van der Waals surface area contributed by atoms with Gasteiger partial charge < -0.3 is 25.5 Å². The van der Waals surface area contributed by atoms with Crippen molar-refractivity contribution in [3.05, 3.63) is 11.8 Å². The Balaban J connectivity index is -0.0000000326. The van der Waals surface area contributed by atoms with Crippen molar-refractivity contribution < 1.29 is 52.7 Å². The van der Waals surface area contributed by atoms with E-state index in [9.17, 15) is 4.79 Å². The van der Waals surface area contributed by atoms with Gasteiger partial charge in [-0.05, 0) is 41.5 Å². The monoisotopic (exact) mass is 465 g/mol. The van der Waals surface area contributed by atoms with Gasteiger partial charge in [-0.2, -0.15) is 0 Å². The largest absolute Gasteiger partial charge is 0.512 e. The second-order valence-corrected chi connectivity index (χ2v) is 2.66. The maximum atomic E-state index is 10.0. The van der Waals surface area contributed by atoms with Gasteiger partial charge in [-0.25, -0.2) is 0 Å². The van der Waals surface area contributed by atoms with Gasteiger partial charge in [0.05, 0.1) is 5.76 Å². The molecule has 1 radical (unpaired) electrons. The summed E-state index contributed by atoms with van der Waals surface area (Å²) in [5.74, 6) is -0.0625. The van der Waals surface area contributed by atoms with E-state index in [1.807, 2.05) is 0 Å². The van der Waals surface area contributed by atoms with Crippen LogP contribution >= 0.6 is 0 Å². The van der Waals surface area contributed by atoms with Crippen LogP contribution in [0.2, 0.25) is 0 Å². The topological polar surface area (TPSA) is 118 Å². The Bertz CT molecular complexity index is 151. The Morgan fingerprint density at radius 2 is 0.950 bits per heavy atom. The summed E-state index contributed by atoms with van der Waals surface area (Å²) in [6.07, 6.45) is 1.17. The van der Waals surface area contributed by atoms with Crippen molar-refractivity contribution in [2.24, 2.45) is 0 Å². The maximum Gasteiger partial charge on any atom is 0.155 e. The van der Waals surface area contributed by atoms with Gasteiger partial charge in [-0.15, -0.1) is 0 Å². The molecule has 0 aliphatic rings. The van der Waals surface area contributed by atoms with E-state index >= 15 is 0 Å². The minimum atomic E-state index is -0.125. The molecule has 0 spiro atoms. The molecule has 0 bridgehead atoms. The van der Waals surface area contributed by atoms with Crippen molar-refractivity contribution in [1.82, 2.24) is 0 Å². The molecule has 20 heavy (non-hydrogen) atoms. The van der Waals surface area contributed by atoms with E-state index in [1.165, 1.54) is 19.9 Å². The predicted octanol–water partition coefficient (Wildman–Crippen LogP) is 1.03. The Kier molecular flexibility index (Phi) is 93.8. The molecule has 0 unspecified atom stereocenters. The molecular formula is C13H32O6Ta. The van der Waals surface area contributed by atoms with E-state index < -0.39 is 0 Å². The summed E-state index contributed by atoms with van der Waals surface area (Å²) in [5, 5.41) is 38.6. The zero-order valence-electron chi connectivity index (χ0n) is 13.5. The van der Waals surface area contributed by atoms with E-state index in [4.69, 9.17) is 25.5 Å². The zero-order valence-corrected chi connectivity index (χ0v) is 16.7. The fourth-order valence-electron chi connectivity index (χ4n) is 0.294. The molecule has 0 aromatic heterocycles. The van der Waals surface area contributed by atoms with E-state index in [1.54, 1.807) is 27.7 Å². The molecule has 0 heterocycles. The van der Waals surface area contributed by atoms with Gasteiger partial charge in [0.25, 0.3) is 0 Å². The first-order chi connectivity index (χ1) is 8.78. The second kappa shape index (κ2) is 51.1. The third-order valence-electron chi connectivity index (χ3n) is 0.412. The predicted molar refractivity (Wildman–Crippen MR) is 78.1 cm³/mol. The third kappa shape index (κ3) is 349. The normalized spacial score (nSPS) is 7.60. The molecular weight excluding hydrogens is 433 g/mol. The van der Waals surface area contributed by atoms with Crippen molar-refractivity contribution in [3.63, 3.8) is 0 Å². The standard InChI is InChI=1S/C5H8O2.4C2H6O.Ta/c1-4(6)3-5(2)7;4*1-2-3;/h3,6H,1-2H3;4*3H,2H2,1H3;/b4-3-;;;;;. The fraction of sp³-hybridized carbons (Fsp3) is 0.769. The molecule has 7 heteroatoms. The summed E-state index contributed by atoms with van der Waals surface area (Å²) in [6.45, 7) is 10.6. The third-order valence-corrected chi connectivity index (χ3v) is 0.412. The van der Waals surface area contributed by atoms with Crippen LogP contribution in [-0.2, 0) is 27.2 Å². The Morgan fingerprint density at radius 1 is 0.800 bits per heavy atom. The van der Waals surface area contributed by atoms with Gasteiger partial charge in [0.2, 0.25) is 0 Å². The number of carbonyl (C=O) groups is 1. The Labute approximate surface area is 138 Å². The van der Waals surface area contributed by atoms with E-state index in [0.717, 1.165) is 0 Å². The van der Waals surface area contributed by atoms with Gasteiger partial charge in [0.1, 0.15) is 0 Å². The molecule has 0 aromatic carbocycles. The molecule has 5 N–H and O–H groups in total. The number of carbonyl (C=O) groups excluding carboxylic acids is 1. The minimum Gasteiger partial charge on any atom is -0.512 e. The summed E-state index contributed by atoms with van der Waals surface area (Å²) >= 11 is 0. The smallest absolute Gasteiger partial charge is 0.155 e. The first-order valence-corrected chi connectivity index (χ1v) is 6.10. The molecule has 125 valence electrons. The van der Waals surface area contributed by atoms with Crippen LogP contribution in [0.5, 0.6) is 0 Å². The van der Waals surface area contributed by atoms with Crippen molar-refractivity contribution in [2.45, 2.75) is 41.5 Å². The summed E-state index contributed by atoms with van der Waals surface area (Å²) in [4.78, 5) is 10.0. The van der Waals surface area contributed by atoms with Gasteiger partial charge in [0, 0.05) is 54.9 Å². The summed E-state index contributed by atoms with van der Waals surface area (Å²) in [7, 11) is 0. The van der Waals surface area contributed by atoms with Crippen molar-refractivity contribution in [3.8, 4) is 0 Å². The summed E-state index contributed by atoms with van der Waals surface area (Å²) in [6, 6.07) is 0. The van der Waals surface area contributed by atoms with E-state index in [2.05, 4.69) is 0 Å². The van der Waals surface area contributed by atoms with E-state index in [0.29, 0.717) is 0 Å². The second-order valence-electron chi connectivity index (χ2n) is 2.66. The van der Waals surface area contributed by atoms with Crippen molar-refractivity contribution >= 4 is 5.78 Å². The molecule has 0 saturated heterocycles. The minimum absolute atomic E-state index is 0. The number of aliphatic hydroxyl groups excluding tert-OH is 5. The fourth-order valence-corrected chi connectivity index (χ4v) is 0.294. The van der Waals surface area contributed by atoms with Crippen LogP contribution in [0.3, 0.4) is 0 Å². The quantitative estimate of drug-likeness (QED) is 0.292. The number of allylic oxidation sites excluding steroid dienone is 2. The van der Waals surface area contributed by atoms with Crippen molar-refractivity contribution in [2.75, 3.05) is 26.4 Å². The van der Waals surface area contributed by atoms with Crippen LogP contribution < -0.4 is 0 Å². The van der Waals surface area contributed by atoms with Gasteiger partial charge >= 0.3 is 0 Å². The number of hydrogen-bond acceptors (Lipinski definition) is 6. The maximum absolute atomic E-state index is 10.0. The Morgan fingerprint density at radius 3 is 0.950 bits per heavy atom. The van der Waals surface area contributed by atoms with Crippen LogP contribution in [0, 0.1) is 0 Å². The molecule has 0 fully saturated rings. The number of hydrogen-bond donors (Lipinski definition) is 5. The summed E-state index contributed by atoms with van der Waals surface area (Å²) in [5.41, 5.74) is 0. The van der Waals surface area contributed by atoms with Gasteiger partial charge in [-0.1, -0.05) is 0 Å². The molecule has 0 aliphatic carbocycles. The number of aliphatic hydroxyl groups is 5. The number of rotatable bonds is 1. The zero-order chi connectivity index (χ0) is 16.7. The van der Waals surface area contributed by atoms with Crippen LogP contribution in [0.1, 0.15) is 41.5 Å². The average molecular weight is 465 g/mol. The average Bonchev–Trinajstić information content (AvgIpc) is 2.19. The number of ketones is 1. The van der Waals surface area contributed by atoms with Crippen LogP contribution in [0.15, 0.2) is 11.8 Å². The molecule has 0 saturated carbocycles. The van der Waals surface area contributed by atoms with Crippen molar-refractivity contribution in [1.29, 1.82) is 0 Å². The summed E-state index contributed by atoms with van der Waals surface area (Å²) < 4.78 is 0. The molecule has 0 amide bonds. The van der Waals surface area contributed by atoms with Gasteiger partial charge in [0.15, 0.2) is 5.78 Å². The molecule has 0 aliphatic heterocycles. The Hall–Kier alpha value is -0.210. The first-order valence-electron chi connectivity index (χ1n) is 6.10. The molecule has 6 nitrogen and oxygen atoms in total. The molecule has 0 aromatic rings. The molecule has 0 rings (SSSR count). The SMILES string of the molecule is CC(=O)/C=C(/C)O.CCO.CCO.CCO.CCO.[Ta]. The van der Waals surface area contributed by atoms with Gasteiger partial charge in [-0.3, -0.25) is 4.79 Å². The molecule has 0 atom stereocenters. The first kappa shape index (κ1) is 36.7. The van der Waals surface area contributed by atoms with Crippen LogP contribution in [0.4, 0.5) is 0 Å².